The van der Waals surface area contributed by atoms with Gasteiger partial charge < -0.3 is 39.5 Å². The number of rotatable bonds is 38. The number of benzene rings is 2. The number of aliphatic hydroxyl groups excluding tert-OH is 2. The molecule has 0 aliphatic carbocycles. The molecule has 0 aromatic heterocycles. The van der Waals surface area contributed by atoms with Gasteiger partial charge in [0.05, 0.1) is 37.6 Å². The molecular formula is C50H82BaO8. The molecule has 59 heavy (non-hydrogen) atoms. The molecule has 0 heterocycles. The van der Waals surface area contributed by atoms with Gasteiger partial charge in [-0.1, -0.05) is 190 Å². The SMILES string of the molecule is CCCCCCCCC(CCCCCC(O)CCC(=O)[O-])OCc1ccccc1.CCCCCCCCC(CCCCCC(O)CCC(=O)[O-])OCc1ccccc1.[Ba+2]. The van der Waals surface area contributed by atoms with E-state index in [1.807, 2.05) is 36.4 Å². The van der Waals surface area contributed by atoms with E-state index in [9.17, 15) is 30.0 Å². The normalized spacial score (nSPS) is 13.1. The molecule has 0 bridgehead atoms. The van der Waals surface area contributed by atoms with Gasteiger partial charge in [-0.05, 0) is 75.3 Å². The maximum atomic E-state index is 10.4. The van der Waals surface area contributed by atoms with Gasteiger partial charge in [-0.3, -0.25) is 0 Å². The number of carbonyl (C=O) groups is 2. The topological polar surface area (TPSA) is 139 Å². The summed E-state index contributed by atoms with van der Waals surface area (Å²) >= 11 is 0. The molecule has 2 aromatic carbocycles. The van der Waals surface area contributed by atoms with Crippen molar-refractivity contribution in [3.05, 3.63) is 71.8 Å². The predicted molar refractivity (Wildman–Crippen MR) is 238 cm³/mol. The Hall–Kier alpha value is -1.21. The van der Waals surface area contributed by atoms with Crippen LogP contribution in [0.2, 0.25) is 0 Å². The maximum absolute atomic E-state index is 10.4. The van der Waals surface area contributed by atoms with Crippen LogP contribution in [0.4, 0.5) is 0 Å². The first kappa shape index (κ1) is 57.8. The van der Waals surface area contributed by atoms with E-state index in [2.05, 4.69) is 38.1 Å². The average molecular weight is 949 g/mol. The van der Waals surface area contributed by atoms with Crippen molar-refractivity contribution in [1.29, 1.82) is 0 Å². The monoisotopic (exact) mass is 949 g/mol. The van der Waals surface area contributed by atoms with Crippen molar-refractivity contribution in [2.24, 2.45) is 0 Å². The van der Waals surface area contributed by atoms with Crippen LogP contribution in [0.5, 0.6) is 0 Å². The molecule has 0 radical (unpaired) electrons. The minimum atomic E-state index is -1.09. The molecule has 9 heteroatoms. The summed E-state index contributed by atoms with van der Waals surface area (Å²) in [5.41, 5.74) is 2.44. The summed E-state index contributed by atoms with van der Waals surface area (Å²) in [6.07, 6.45) is 27.4. The molecule has 8 nitrogen and oxygen atoms in total. The molecule has 0 amide bonds. The first-order valence-electron chi connectivity index (χ1n) is 23.3. The Morgan fingerprint density at radius 2 is 0.746 bits per heavy atom. The van der Waals surface area contributed by atoms with Crippen molar-refractivity contribution in [3.8, 4) is 0 Å². The van der Waals surface area contributed by atoms with Crippen LogP contribution in [0, 0.1) is 0 Å². The Morgan fingerprint density at radius 3 is 1.07 bits per heavy atom. The minimum Gasteiger partial charge on any atom is -0.550 e. The first-order valence-corrected chi connectivity index (χ1v) is 23.3. The molecule has 0 fully saturated rings. The van der Waals surface area contributed by atoms with Gasteiger partial charge in [-0.25, -0.2) is 0 Å². The second kappa shape index (κ2) is 42.1. The van der Waals surface area contributed by atoms with E-state index in [-0.39, 0.29) is 61.7 Å². The van der Waals surface area contributed by atoms with Crippen molar-refractivity contribution in [2.45, 2.75) is 231 Å². The number of hydrogen-bond donors (Lipinski definition) is 2. The largest absolute Gasteiger partial charge is 2.00 e. The van der Waals surface area contributed by atoms with Gasteiger partial charge in [0.15, 0.2) is 0 Å². The third kappa shape index (κ3) is 38.2. The van der Waals surface area contributed by atoms with E-state index in [0.717, 1.165) is 64.2 Å². The standard InChI is InChI=1S/2C25H42O4.Ba/c2*1-2-3-4-5-6-12-17-24(29-21-22-14-9-7-10-15-22)18-13-8-11-16-23(26)19-20-25(27)28;/h2*7,9-10,14-15,23-24,26H,2-6,8,11-13,16-21H2,1H3,(H,27,28);/q;;+2/p-2. The number of carboxylic acid groups (broad SMARTS) is 2. The summed E-state index contributed by atoms with van der Waals surface area (Å²) in [4.78, 5) is 20.9. The molecule has 332 valence electrons. The van der Waals surface area contributed by atoms with Crippen molar-refractivity contribution in [2.75, 3.05) is 0 Å². The Labute approximate surface area is 400 Å². The van der Waals surface area contributed by atoms with Crippen molar-refractivity contribution >= 4 is 60.8 Å². The fourth-order valence-electron chi connectivity index (χ4n) is 7.22. The summed E-state index contributed by atoms with van der Waals surface area (Å²) in [5, 5.41) is 40.5. The van der Waals surface area contributed by atoms with Crippen LogP contribution in [0.25, 0.3) is 0 Å². The number of unbranched alkanes of at least 4 members (excludes halogenated alkanes) is 14. The average Bonchev–Trinajstić information content (AvgIpc) is 3.22. The van der Waals surface area contributed by atoms with E-state index in [0.29, 0.717) is 51.1 Å². The molecule has 0 aliphatic heterocycles. The number of aliphatic hydroxyl groups is 2. The second-order valence-corrected chi connectivity index (χ2v) is 16.4. The van der Waals surface area contributed by atoms with E-state index in [4.69, 9.17) is 9.47 Å². The minimum absolute atomic E-state index is 0. The fraction of sp³-hybridized carbons (Fsp3) is 0.720. The van der Waals surface area contributed by atoms with Gasteiger partial charge in [0.25, 0.3) is 0 Å². The number of carbonyl (C=O) groups excluding carboxylic acids is 2. The number of ether oxygens (including phenoxy) is 2. The maximum Gasteiger partial charge on any atom is 2.00 e. The van der Waals surface area contributed by atoms with E-state index < -0.39 is 24.1 Å². The number of hydrogen-bond acceptors (Lipinski definition) is 8. The number of aliphatic carboxylic acids is 2. The number of carboxylic acids is 2. The van der Waals surface area contributed by atoms with Gasteiger partial charge in [0.2, 0.25) is 0 Å². The molecule has 2 N–H and O–H groups in total. The Kier molecular flexibility index (Phi) is 41.2. The zero-order valence-electron chi connectivity index (χ0n) is 37.3. The summed E-state index contributed by atoms with van der Waals surface area (Å²) in [6, 6.07) is 20.7. The summed E-state index contributed by atoms with van der Waals surface area (Å²) in [7, 11) is 0. The smallest absolute Gasteiger partial charge is 0.550 e. The summed E-state index contributed by atoms with van der Waals surface area (Å²) in [6.45, 7) is 5.83. The van der Waals surface area contributed by atoms with Crippen LogP contribution in [0.3, 0.4) is 0 Å². The molecule has 2 rings (SSSR count). The third-order valence-corrected chi connectivity index (χ3v) is 10.9. The van der Waals surface area contributed by atoms with Crippen LogP contribution < -0.4 is 10.2 Å². The Morgan fingerprint density at radius 1 is 0.458 bits per heavy atom. The van der Waals surface area contributed by atoms with Crippen LogP contribution in [-0.2, 0) is 32.3 Å². The molecule has 4 atom stereocenters. The van der Waals surface area contributed by atoms with Crippen LogP contribution in [0.15, 0.2) is 60.7 Å². The molecule has 0 aliphatic rings. The molecule has 0 saturated carbocycles. The van der Waals surface area contributed by atoms with Crippen LogP contribution >= 0.6 is 0 Å². The van der Waals surface area contributed by atoms with Crippen molar-refractivity contribution in [3.63, 3.8) is 0 Å². The molecule has 0 spiro atoms. The van der Waals surface area contributed by atoms with Crippen LogP contribution in [-0.4, -0.2) is 95.4 Å². The Bertz CT molecular complexity index is 1110. The second-order valence-electron chi connectivity index (χ2n) is 16.4. The van der Waals surface area contributed by atoms with Gasteiger partial charge >= 0.3 is 48.9 Å². The van der Waals surface area contributed by atoms with Crippen LogP contribution in [0.1, 0.15) is 205 Å². The van der Waals surface area contributed by atoms with Gasteiger partial charge in [-0.2, -0.15) is 0 Å². The fourth-order valence-corrected chi connectivity index (χ4v) is 7.22. The molecule has 0 saturated heterocycles. The van der Waals surface area contributed by atoms with Crippen molar-refractivity contribution < 1.29 is 39.5 Å². The molecular weight excluding hydrogens is 866 g/mol. The molecule has 4 unspecified atom stereocenters. The van der Waals surface area contributed by atoms with Gasteiger partial charge in [0.1, 0.15) is 0 Å². The van der Waals surface area contributed by atoms with E-state index >= 15 is 0 Å². The van der Waals surface area contributed by atoms with Gasteiger partial charge in [0, 0.05) is 11.9 Å². The first-order chi connectivity index (χ1) is 28.2. The quantitative estimate of drug-likeness (QED) is 0.0501. The van der Waals surface area contributed by atoms with Crippen molar-refractivity contribution in [1.82, 2.24) is 0 Å². The zero-order valence-corrected chi connectivity index (χ0v) is 41.8. The summed E-state index contributed by atoms with van der Waals surface area (Å²) < 4.78 is 12.5. The van der Waals surface area contributed by atoms with E-state index in [1.165, 1.54) is 88.2 Å². The van der Waals surface area contributed by atoms with Gasteiger partial charge in [-0.15, -0.1) is 0 Å². The molecule has 2 aromatic rings. The Balaban J connectivity index is 0.00000112. The third-order valence-electron chi connectivity index (χ3n) is 10.9. The van der Waals surface area contributed by atoms with E-state index in [1.54, 1.807) is 0 Å². The predicted octanol–water partition coefficient (Wildman–Crippen LogP) is 9.95. The summed E-state index contributed by atoms with van der Waals surface area (Å²) in [5.74, 6) is -2.17. The zero-order chi connectivity index (χ0) is 42.3.